The van der Waals surface area contributed by atoms with Gasteiger partial charge >= 0.3 is 5.97 Å². The first-order chi connectivity index (χ1) is 14.8. The number of benzene rings is 2. The molecule has 2 aromatic carbocycles. The van der Waals surface area contributed by atoms with E-state index in [4.69, 9.17) is 26.2 Å². The topological polar surface area (TPSA) is 136 Å². The number of carboxylic acid groups (broad SMARTS) is 1. The fourth-order valence-corrected chi connectivity index (χ4v) is 2.69. The molecule has 178 valence electrons. The summed E-state index contributed by atoms with van der Waals surface area (Å²) in [5.41, 5.74) is 0.241. The molecular formula is C18H20Cl2FNO8S2. The van der Waals surface area contributed by atoms with Crippen molar-refractivity contribution in [1.82, 2.24) is 0 Å². The van der Waals surface area contributed by atoms with Crippen LogP contribution in [0.15, 0.2) is 36.4 Å². The van der Waals surface area contributed by atoms with Crippen molar-refractivity contribution in [2.75, 3.05) is 22.8 Å². The zero-order valence-electron chi connectivity index (χ0n) is 16.8. The van der Waals surface area contributed by atoms with E-state index in [-0.39, 0.29) is 39.5 Å². The predicted octanol–water partition coefficient (Wildman–Crippen LogP) is 4.07. The van der Waals surface area contributed by atoms with E-state index in [1.807, 2.05) is 0 Å². The monoisotopic (exact) mass is 531 g/mol. The van der Waals surface area contributed by atoms with E-state index in [0.29, 0.717) is 0 Å². The lowest BCUT2D eigenvalue weighted by Crippen LogP contribution is -2.14. The molecule has 0 fully saturated rings. The molecule has 0 heterocycles. The van der Waals surface area contributed by atoms with Gasteiger partial charge in [-0.3, -0.25) is 4.72 Å². The normalized spacial score (nSPS) is 11.2. The summed E-state index contributed by atoms with van der Waals surface area (Å²) in [5, 5.41) is 8.75. The lowest BCUT2D eigenvalue weighted by atomic mass is 10.3. The summed E-state index contributed by atoms with van der Waals surface area (Å²) in [6, 6.07) is 7.48. The van der Waals surface area contributed by atoms with Crippen LogP contribution >= 0.6 is 22.3 Å². The van der Waals surface area contributed by atoms with Gasteiger partial charge in [0.25, 0.3) is 0 Å². The summed E-state index contributed by atoms with van der Waals surface area (Å²) in [4.78, 5) is 10.6. The first-order valence-electron chi connectivity index (χ1n) is 8.80. The molecule has 2 aromatic rings. The Kier molecular flexibility index (Phi) is 10.5. The molecule has 9 nitrogen and oxygen atoms in total. The number of hydrogen-bond acceptors (Lipinski definition) is 7. The molecule has 2 rings (SSSR count). The van der Waals surface area contributed by atoms with Gasteiger partial charge in [0.2, 0.25) is 19.1 Å². The first kappa shape index (κ1) is 27.8. The second-order valence-corrected chi connectivity index (χ2v) is 11.3. The number of nitrogens with one attached hydrogen (secondary N) is 1. The molecule has 0 amide bonds. The molecule has 0 aliphatic heterocycles. The van der Waals surface area contributed by atoms with Crippen LogP contribution in [0.3, 0.4) is 0 Å². The molecule has 0 aliphatic carbocycles. The quantitative estimate of drug-likeness (QED) is 0.462. The van der Waals surface area contributed by atoms with Gasteiger partial charge < -0.3 is 14.6 Å². The van der Waals surface area contributed by atoms with Gasteiger partial charge in [0.15, 0.2) is 18.1 Å². The van der Waals surface area contributed by atoms with Gasteiger partial charge in [-0.1, -0.05) is 18.5 Å². The number of sulfonamides is 1. The van der Waals surface area contributed by atoms with Crippen molar-refractivity contribution in [3.63, 3.8) is 0 Å². The lowest BCUT2D eigenvalue weighted by Gasteiger charge is -2.13. The summed E-state index contributed by atoms with van der Waals surface area (Å²) in [5.74, 6) is -1.87. The highest BCUT2D eigenvalue weighted by atomic mass is 35.7. The van der Waals surface area contributed by atoms with Crippen LogP contribution in [-0.2, 0) is 23.9 Å². The van der Waals surface area contributed by atoms with Crippen molar-refractivity contribution in [3.05, 3.63) is 47.2 Å². The zero-order valence-corrected chi connectivity index (χ0v) is 20.0. The Morgan fingerprint density at radius 3 is 2.12 bits per heavy atom. The van der Waals surface area contributed by atoms with E-state index in [1.54, 1.807) is 0 Å². The molecule has 2 N–H and O–H groups in total. The molecule has 0 saturated heterocycles. The highest BCUT2D eigenvalue weighted by molar-refractivity contribution is 8.13. The van der Waals surface area contributed by atoms with Crippen LogP contribution in [0.25, 0.3) is 0 Å². The van der Waals surface area contributed by atoms with Crippen molar-refractivity contribution in [2.24, 2.45) is 0 Å². The van der Waals surface area contributed by atoms with Crippen molar-refractivity contribution < 1.29 is 40.6 Å². The fraction of sp³-hybridized carbons (Fsp3) is 0.278. The van der Waals surface area contributed by atoms with Gasteiger partial charge in [-0.2, -0.15) is 0 Å². The maximum atomic E-state index is 13.5. The van der Waals surface area contributed by atoms with Crippen LogP contribution in [0.1, 0.15) is 13.8 Å². The number of halogens is 3. The van der Waals surface area contributed by atoms with Gasteiger partial charge in [0.05, 0.1) is 22.2 Å². The molecular weight excluding hydrogens is 512 g/mol. The average Bonchev–Trinajstić information content (AvgIpc) is 2.69. The van der Waals surface area contributed by atoms with Crippen LogP contribution < -0.4 is 14.2 Å². The Morgan fingerprint density at radius 2 is 1.62 bits per heavy atom. The summed E-state index contributed by atoms with van der Waals surface area (Å²) in [6.45, 7) is 2.35. The minimum atomic E-state index is -3.46. The van der Waals surface area contributed by atoms with Crippen LogP contribution in [0, 0.1) is 5.82 Å². The van der Waals surface area contributed by atoms with E-state index in [9.17, 15) is 26.0 Å². The summed E-state index contributed by atoms with van der Waals surface area (Å²) in [7, 11) is -1.96. The van der Waals surface area contributed by atoms with E-state index >= 15 is 0 Å². The largest absolute Gasteiger partial charge is 0.479 e. The van der Waals surface area contributed by atoms with Crippen LogP contribution in [0.5, 0.6) is 17.2 Å². The molecule has 0 radical (unpaired) electrons. The van der Waals surface area contributed by atoms with Gasteiger partial charge in [0.1, 0.15) is 11.6 Å². The Hall–Kier alpha value is -2.28. The van der Waals surface area contributed by atoms with Gasteiger partial charge in [0, 0.05) is 16.7 Å². The highest BCUT2D eigenvalue weighted by Gasteiger charge is 2.14. The molecule has 0 aromatic heterocycles. The second kappa shape index (κ2) is 12.1. The third-order valence-electron chi connectivity index (χ3n) is 3.41. The molecule has 0 atom stereocenters. The number of anilines is 1. The van der Waals surface area contributed by atoms with E-state index in [2.05, 4.69) is 15.4 Å². The number of carbonyl (C=O) groups is 1. The Labute approximate surface area is 194 Å². The number of rotatable bonds is 9. The van der Waals surface area contributed by atoms with Gasteiger partial charge in [-0.25, -0.2) is 26.0 Å². The SMILES string of the molecule is CCS(=O)(=O)Cl.CCS(=O)(=O)Nc1ccc(Oc2cc(F)ccc2OCC(=O)O)c(Cl)c1. The van der Waals surface area contributed by atoms with Crippen molar-refractivity contribution in [1.29, 1.82) is 0 Å². The predicted molar refractivity (Wildman–Crippen MR) is 119 cm³/mol. The highest BCUT2D eigenvalue weighted by Crippen LogP contribution is 2.36. The maximum absolute atomic E-state index is 13.5. The summed E-state index contributed by atoms with van der Waals surface area (Å²) < 4.78 is 69.0. The van der Waals surface area contributed by atoms with Crippen LogP contribution in [-0.4, -0.2) is 46.0 Å². The number of aliphatic carboxylic acids is 1. The summed E-state index contributed by atoms with van der Waals surface area (Å²) in [6.07, 6.45) is 0. The third-order valence-corrected chi connectivity index (χ3v) is 6.35. The second-order valence-electron chi connectivity index (χ2n) is 5.85. The Morgan fingerprint density at radius 1 is 1.03 bits per heavy atom. The Bertz CT molecular complexity index is 1160. The van der Waals surface area contributed by atoms with Crippen LogP contribution in [0.4, 0.5) is 10.1 Å². The molecule has 0 spiro atoms. The standard InChI is InChI=1S/C16H15ClFNO6S.C2H5ClO2S/c1-2-26(22,23)19-11-4-6-13(12(17)8-11)25-15-7-10(18)3-5-14(15)24-9-16(20)21;1-2-6(3,4)5/h3-8,19H,2,9H2,1H3,(H,20,21);2H2,1H3. The zero-order chi connectivity index (χ0) is 24.5. The fourth-order valence-electron chi connectivity index (χ4n) is 1.84. The first-order valence-corrected chi connectivity index (χ1v) is 13.3. The van der Waals surface area contributed by atoms with Crippen molar-refractivity contribution >= 4 is 53.0 Å². The van der Waals surface area contributed by atoms with Crippen molar-refractivity contribution in [3.8, 4) is 17.2 Å². The third kappa shape index (κ3) is 10.4. The molecule has 0 aliphatic rings. The lowest BCUT2D eigenvalue weighted by molar-refractivity contribution is -0.139. The maximum Gasteiger partial charge on any atom is 0.341 e. The Balaban J connectivity index is 0.000000751. The summed E-state index contributed by atoms with van der Waals surface area (Å²) >= 11 is 6.08. The number of carboxylic acids is 1. The minimum absolute atomic E-state index is 0.00849. The van der Waals surface area contributed by atoms with E-state index < -0.39 is 37.5 Å². The molecule has 0 bridgehead atoms. The van der Waals surface area contributed by atoms with Gasteiger partial charge in [-0.05, 0) is 37.3 Å². The van der Waals surface area contributed by atoms with E-state index in [0.717, 1.165) is 12.1 Å². The van der Waals surface area contributed by atoms with E-state index in [1.165, 1.54) is 38.1 Å². The average molecular weight is 532 g/mol. The number of hydrogen-bond donors (Lipinski definition) is 2. The van der Waals surface area contributed by atoms with Crippen LogP contribution in [0.2, 0.25) is 5.02 Å². The van der Waals surface area contributed by atoms with Crippen molar-refractivity contribution in [2.45, 2.75) is 13.8 Å². The molecule has 0 unspecified atom stereocenters. The molecule has 0 saturated carbocycles. The molecule has 14 heteroatoms. The minimum Gasteiger partial charge on any atom is -0.479 e. The smallest absolute Gasteiger partial charge is 0.341 e. The number of ether oxygens (including phenoxy) is 2. The van der Waals surface area contributed by atoms with Gasteiger partial charge in [-0.15, -0.1) is 0 Å². The molecule has 32 heavy (non-hydrogen) atoms.